The lowest BCUT2D eigenvalue weighted by Crippen LogP contribution is -2.29. The van der Waals surface area contributed by atoms with Gasteiger partial charge in [0.25, 0.3) is 11.5 Å². The van der Waals surface area contributed by atoms with Gasteiger partial charge in [0, 0.05) is 12.6 Å². The van der Waals surface area contributed by atoms with Crippen LogP contribution >= 0.6 is 0 Å². The maximum absolute atomic E-state index is 14.1. The summed E-state index contributed by atoms with van der Waals surface area (Å²) in [5.41, 5.74) is 3.41. The number of halogens is 1. The highest BCUT2D eigenvalue weighted by Crippen LogP contribution is 2.23. The number of benzene rings is 1. The number of rotatable bonds is 4. The van der Waals surface area contributed by atoms with E-state index in [1.54, 1.807) is 26.0 Å². The smallest absolute Gasteiger partial charge is 0.278 e. The number of aryl methyl sites for hydroxylation is 2. The average molecular weight is 349 g/mol. The number of hydroxylamine groups is 1. The zero-order chi connectivity index (χ0) is 19.1. The maximum atomic E-state index is 14.1. The minimum atomic E-state index is -0.541. The number of hydrogen-bond acceptors (Lipinski definition) is 4. The van der Waals surface area contributed by atoms with Crippen LogP contribution in [0.15, 0.2) is 29.1 Å². The number of pyridine rings is 1. The summed E-state index contributed by atoms with van der Waals surface area (Å²) in [5, 5.41) is 2.82. The van der Waals surface area contributed by atoms with Gasteiger partial charge in [0.2, 0.25) is 0 Å². The molecule has 0 bridgehead atoms. The molecule has 0 saturated heterocycles. The van der Waals surface area contributed by atoms with Gasteiger partial charge in [-0.15, -0.1) is 0 Å². The van der Waals surface area contributed by atoms with Gasteiger partial charge in [-0.1, -0.05) is 19.9 Å². The fourth-order valence-corrected chi connectivity index (χ4v) is 2.21. The molecule has 0 unspecified atom stereocenters. The van der Waals surface area contributed by atoms with Crippen molar-refractivity contribution in [1.29, 1.82) is 0 Å². The Labute approximate surface area is 146 Å². The van der Waals surface area contributed by atoms with Crippen LogP contribution in [0.25, 0.3) is 0 Å². The van der Waals surface area contributed by atoms with Crippen LogP contribution in [0, 0.1) is 19.7 Å². The van der Waals surface area contributed by atoms with Gasteiger partial charge in [0.05, 0.1) is 18.4 Å². The van der Waals surface area contributed by atoms with Crippen LogP contribution in [0.3, 0.4) is 0 Å². The first-order valence-corrected chi connectivity index (χ1v) is 7.92. The van der Waals surface area contributed by atoms with E-state index in [2.05, 4.69) is 15.6 Å². The molecule has 2 rings (SSSR count). The van der Waals surface area contributed by atoms with E-state index in [0.717, 1.165) is 5.56 Å². The number of carbonyl (C=O) groups excluding carboxylic acids is 1. The maximum Gasteiger partial charge on any atom is 0.278 e. The second-order valence-electron chi connectivity index (χ2n) is 5.20. The summed E-state index contributed by atoms with van der Waals surface area (Å²) in [7, 11) is 2.81. The van der Waals surface area contributed by atoms with Crippen molar-refractivity contribution in [3.8, 4) is 0 Å². The van der Waals surface area contributed by atoms with Crippen LogP contribution in [0.5, 0.6) is 0 Å². The second kappa shape index (κ2) is 8.98. The molecule has 0 spiro atoms. The van der Waals surface area contributed by atoms with E-state index >= 15 is 0 Å². The van der Waals surface area contributed by atoms with Crippen LogP contribution in [-0.4, -0.2) is 17.6 Å². The zero-order valence-electron chi connectivity index (χ0n) is 15.4. The first-order chi connectivity index (χ1) is 11.8. The van der Waals surface area contributed by atoms with Crippen molar-refractivity contribution in [2.75, 3.05) is 12.4 Å². The minimum Gasteiger partial charge on any atom is -0.339 e. The molecule has 2 aromatic rings. The van der Waals surface area contributed by atoms with Crippen LogP contribution in [0.4, 0.5) is 15.9 Å². The molecule has 7 heteroatoms. The van der Waals surface area contributed by atoms with E-state index in [-0.39, 0.29) is 22.6 Å². The number of amides is 1. The lowest BCUT2D eigenvalue weighted by atomic mass is 10.1. The third-order valence-corrected chi connectivity index (χ3v) is 3.41. The highest BCUT2D eigenvalue weighted by Gasteiger charge is 2.18. The van der Waals surface area contributed by atoms with Crippen molar-refractivity contribution in [2.45, 2.75) is 27.7 Å². The molecule has 6 nitrogen and oxygen atoms in total. The number of nitrogens with zero attached hydrogens (tertiary/aromatic N) is 1. The van der Waals surface area contributed by atoms with E-state index in [1.807, 2.05) is 13.8 Å². The quantitative estimate of drug-likeness (QED) is 0.832. The van der Waals surface area contributed by atoms with Crippen LogP contribution in [0.2, 0.25) is 0 Å². The predicted octanol–water partition coefficient (Wildman–Crippen LogP) is 3.20. The summed E-state index contributed by atoms with van der Waals surface area (Å²) in [4.78, 5) is 28.9. The molecule has 136 valence electrons. The molecule has 0 aliphatic rings. The van der Waals surface area contributed by atoms with Crippen molar-refractivity contribution in [3.05, 3.63) is 57.1 Å². The summed E-state index contributed by atoms with van der Waals surface area (Å²) >= 11 is 0. The zero-order valence-corrected chi connectivity index (χ0v) is 15.4. The molecular weight excluding hydrogens is 325 g/mol. The van der Waals surface area contributed by atoms with Crippen molar-refractivity contribution in [3.63, 3.8) is 0 Å². The van der Waals surface area contributed by atoms with Gasteiger partial charge in [-0.2, -0.15) is 0 Å². The standard InChI is InChI=1S/C16H18FN3O3.C2H6/c1-9-5-6-13(12(17)7-9)18-14-11(15(21)19-23-4)8-10(2)16(22)20(14)3;1-2/h5-8,18H,1-4H3,(H,19,21);1-2H3. The van der Waals surface area contributed by atoms with Gasteiger partial charge in [-0.05, 0) is 37.6 Å². The van der Waals surface area contributed by atoms with E-state index < -0.39 is 11.7 Å². The molecular formula is C18H24FN3O3. The second-order valence-corrected chi connectivity index (χ2v) is 5.20. The molecule has 1 amide bonds. The summed E-state index contributed by atoms with van der Waals surface area (Å²) in [6.07, 6.45) is 0. The third-order valence-electron chi connectivity index (χ3n) is 3.41. The van der Waals surface area contributed by atoms with E-state index in [0.29, 0.717) is 5.56 Å². The third kappa shape index (κ3) is 4.67. The van der Waals surface area contributed by atoms with Gasteiger partial charge in [0.1, 0.15) is 11.6 Å². The molecule has 0 aliphatic carbocycles. The highest BCUT2D eigenvalue weighted by molar-refractivity contribution is 5.99. The van der Waals surface area contributed by atoms with Gasteiger partial charge < -0.3 is 5.32 Å². The Morgan fingerprint density at radius 1 is 1.20 bits per heavy atom. The van der Waals surface area contributed by atoms with Crippen LogP contribution in [-0.2, 0) is 11.9 Å². The van der Waals surface area contributed by atoms with Crippen molar-refractivity contribution < 1.29 is 14.0 Å². The molecule has 0 saturated carbocycles. The Balaban J connectivity index is 0.00000151. The lowest BCUT2D eigenvalue weighted by molar-refractivity contribution is 0.0538. The molecule has 1 aromatic carbocycles. The van der Waals surface area contributed by atoms with Gasteiger partial charge in [-0.3, -0.25) is 19.0 Å². The molecule has 0 radical (unpaired) electrons. The van der Waals surface area contributed by atoms with Gasteiger partial charge in [-0.25, -0.2) is 9.87 Å². The normalized spacial score (nSPS) is 9.88. The van der Waals surface area contributed by atoms with Gasteiger partial charge in [0.15, 0.2) is 0 Å². The topological polar surface area (TPSA) is 72.4 Å². The average Bonchev–Trinajstić information content (AvgIpc) is 2.59. The van der Waals surface area contributed by atoms with Gasteiger partial charge >= 0.3 is 0 Å². The summed E-state index contributed by atoms with van der Waals surface area (Å²) in [5.74, 6) is -0.838. The lowest BCUT2D eigenvalue weighted by Gasteiger charge is -2.17. The first-order valence-electron chi connectivity index (χ1n) is 7.92. The molecule has 0 aliphatic heterocycles. The first kappa shape index (κ1) is 20.4. The SMILES string of the molecule is CC.CONC(=O)c1cc(C)c(=O)n(C)c1Nc1ccc(C)cc1F. The summed E-state index contributed by atoms with van der Waals surface area (Å²) in [6, 6.07) is 6.08. The van der Waals surface area contributed by atoms with Crippen molar-refractivity contribution in [1.82, 2.24) is 10.0 Å². The Kier molecular flexibility index (Phi) is 7.32. The molecule has 0 atom stereocenters. The number of carbonyl (C=O) groups is 1. The molecule has 0 fully saturated rings. The minimum absolute atomic E-state index is 0.168. The summed E-state index contributed by atoms with van der Waals surface area (Å²) < 4.78 is 15.3. The number of anilines is 2. The molecule has 2 N–H and O–H groups in total. The number of aromatic nitrogens is 1. The fourth-order valence-electron chi connectivity index (χ4n) is 2.21. The monoisotopic (exact) mass is 349 g/mol. The summed E-state index contributed by atoms with van der Waals surface area (Å²) in [6.45, 7) is 7.37. The largest absolute Gasteiger partial charge is 0.339 e. The molecule has 1 aromatic heterocycles. The highest BCUT2D eigenvalue weighted by atomic mass is 19.1. The Morgan fingerprint density at radius 2 is 1.84 bits per heavy atom. The Hall–Kier alpha value is -2.67. The van der Waals surface area contributed by atoms with Crippen molar-refractivity contribution >= 4 is 17.4 Å². The number of nitrogens with one attached hydrogen (secondary N) is 2. The van der Waals surface area contributed by atoms with Crippen LogP contribution in [0.1, 0.15) is 35.3 Å². The predicted molar refractivity (Wildman–Crippen MR) is 96.7 cm³/mol. The van der Waals surface area contributed by atoms with E-state index in [4.69, 9.17) is 0 Å². The van der Waals surface area contributed by atoms with Crippen molar-refractivity contribution in [2.24, 2.45) is 7.05 Å². The number of hydrogen-bond donors (Lipinski definition) is 2. The van der Waals surface area contributed by atoms with E-state index in [9.17, 15) is 14.0 Å². The van der Waals surface area contributed by atoms with E-state index in [1.165, 1.54) is 30.9 Å². The fraction of sp³-hybridized carbons (Fsp3) is 0.333. The molecule has 25 heavy (non-hydrogen) atoms. The Bertz CT molecular complexity index is 816. The molecule has 1 heterocycles. The van der Waals surface area contributed by atoms with Crippen LogP contribution < -0.4 is 16.4 Å². The Morgan fingerprint density at radius 3 is 2.40 bits per heavy atom.